The van der Waals surface area contributed by atoms with Crippen molar-refractivity contribution in [1.82, 2.24) is 0 Å². The van der Waals surface area contributed by atoms with Gasteiger partial charge in [0.1, 0.15) is 11.6 Å². The third-order valence-corrected chi connectivity index (χ3v) is 3.82. The van der Waals surface area contributed by atoms with Gasteiger partial charge < -0.3 is 14.8 Å². The van der Waals surface area contributed by atoms with E-state index in [9.17, 15) is 14.0 Å². The summed E-state index contributed by atoms with van der Waals surface area (Å²) >= 11 is 5.86. The molecule has 2 atom stereocenters. The van der Waals surface area contributed by atoms with Crippen LogP contribution in [-0.4, -0.2) is 24.1 Å². The number of anilines is 1. The van der Waals surface area contributed by atoms with E-state index in [1.54, 1.807) is 31.2 Å². The first kappa shape index (κ1) is 19.7. The quantitative estimate of drug-likeness (QED) is 0.732. The zero-order valence-electron chi connectivity index (χ0n) is 14.4. The van der Waals surface area contributed by atoms with E-state index in [4.69, 9.17) is 21.1 Å². The lowest BCUT2D eigenvalue weighted by molar-refractivity contribution is -0.160. The Morgan fingerprint density at radius 2 is 1.88 bits per heavy atom. The lowest BCUT2D eigenvalue weighted by Crippen LogP contribution is -2.36. The number of ether oxygens (including phenoxy) is 2. The van der Waals surface area contributed by atoms with Gasteiger partial charge in [-0.15, -0.1) is 0 Å². The molecule has 138 valence electrons. The molecule has 0 fully saturated rings. The summed E-state index contributed by atoms with van der Waals surface area (Å²) in [6.45, 7) is 3.21. The van der Waals surface area contributed by atoms with E-state index in [0.29, 0.717) is 12.2 Å². The van der Waals surface area contributed by atoms with E-state index in [-0.39, 0.29) is 10.7 Å². The van der Waals surface area contributed by atoms with E-state index in [0.717, 1.165) is 6.07 Å². The molecular weight excluding hydrogens is 361 g/mol. The number of hydrogen-bond acceptors (Lipinski definition) is 4. The van der Waals surface area contributed by atoms with Crippen molar-refractivity contribution in [2.45, 2.75) is 32.5 Å². The van der Waals surface area contributed by atoms with Crippen molar-refractivity contribution in [3.63, 3.8) is 0 Å². The first-order valence-corrected chi connectivity index (χ1v) is 8.46. The number of carbonyl (C=O) groups is 2. The number of amides is 1. The number of halogens is 2. The van der Waals surface area contributed by atoms with Crippen molar-refractivity contribution >= 4 is 29.2 Å². The van der Waals surface area contributed by atoms with Gasteiger partial charge >= 0.3 is 5.97 Å². The predicted molar refractivity (Wildman–Crippen MR) is 96.7 cm³/mol. The third-order valence-electron chi connectivity index (χ3n) is 3.51. The summed E-state index contributed by atoms with van der Waals surface area (Å²) in [7, 11) is 0. The minimum absolute atomic E-state index is 0.0516. The summed E-state index contributed by atoms with van der Waals surface area (Å²) in [6.07, 6.45) is -1.52. The minimum Gasteiger partial charge on any atom is -0.479 e. The molecule has 0 aliphatic heterocycles. The highest BCUT2D eigenvalue weighted by molar-refractivity contribution is 6.33. The Balaban J connectivity index is 1.94. The standard InChI is InChI=1S/C19H19ClFNO4/c1-3-17(26-14-7-5-4-6-8-14)19(24)25-12(2)18(23)22-16-10-9-13(21)11-15(16)20/h4-12,17H,3H2,1-2H3,(H,22,23)/t12-,17-/m1/s1. The van der Waals surface area contributed by atoms with Crippen molar-refractivity contribution in [2.75, 3.05) is 5.32 Å². The van der Waals surface area contributed by atoms with Crippen molar-refractivity contribution in [3.05, 3.63) is 59.4 Å². The van der Waals surface area contributed by atoms with E-state index in [2.05, 4.69) is 5.32 Å². The van der Waals surface area contributed by atoms with Crippen LogP contribution >= 0.6 is 11.6 Å². The molecule has 0 saturated heterocycles. The second-order valence-corrected chi connectivity index (χ2v) is 5.93. The molecule has 0 aliphatic carbocycles. The molecule has 1 N–H and O–H groups in total. The van der Waals surface area contributed by atoms with Gasteiger partial charge in [0, 0.05) is 0 Å². The molecule has 2 aromatic carbocycles. The van der Waals surface area contributed by atoms with Gasteiger partial charge in [0.15, 0.2) is 12.2 Å². The Morgan fingerprint density at radius 3 is 2.50 bits per heavy atom. The largest absolute Gasteiger partial charge is 0.479 e. The Hall–Kier alpha value is -2.60. The number of para-hydroxylation sites is 1. The fourth-order valence-electron chi connectivity index (χ4n) is 2.09. The topological polar surface area (TPSA) is 64.6 Å². The van der Waals surface area contributed by atoms with E-state index in [1.807, 2.05) is 6.07 Å². The molecule has 5 nitrogen and oxygen atoms in total. The molecule has 0 aliphatic rings. The molecule has 0 radical (unpaired) electrons. The molecule has 0 saturated carbocycles. The average molecular weight is 380 g/mol. The minimum atomic E-state index is -1.07. The van der Waals surface area contributed by atoms with E-state index < -0.39 is 29.9 Å². The van der Waals surface area contributed by atoms with E-state index in [1.165, 1.54) is 19.1 Å². The summed E-state index contributed by atoms with van der Waals surface area (Å²) < 4.78 is 23.8. The van der Waals surface area contributed by atoms with Gasteiger partial charge in [-0.3, -0.25) is 4.79 Å². The van der Waals surface area contributed by atoms with Gasteiger partial charge in [-0.05, 0) is 43.7 Å². The zero-order valence-corrected chi connectivity index (χ0v) is 15.1. The summed E-state index contributed by atoms with van der Waals surface area (Å²) in [5, 5.41) is 2.55. The molecular formula is C19H19ClFNO4. The van der Waals surface area contributed by atoms with Gasteiger partial charge in [0.05, 0.1) is 10.7 Å². The Labute approximate surface area is 156 Å². The molecule has 1 amide bonds. The lowest BCUT2D eigenvalue weighted by Gasteiger charge is -2.19. The maximum Gasteiger partial charge on any atom is 0.348 e. The highest BCUT2D eigenvalue weighted by Crippen LogP contribution is 2.22. The molecule has 2 aromatic rings. The van der Waals surface area contributed by atoms with Gasteiger partial charge in [-0.1, -0.05) is 36.7 Å². The van der Waals surface area contributed by atoms with Crippen LogP contribution in [-0.2, 0) is 14.3 Å². The van der Waals surface area contributed by atoms with Gasteiger partial charge in [-0.25, -0.2) is 9.18 Å². The summed E-state index contributed by atoms with van der Waals surface area (Å²) in [6, 6.07) is 12.4. The number of rotatable bonds is 7. The van der Waals surface area contributed by atoms with Gasteiger partial charge in [-0.2, -0.15) is 0 Å². The van der Waals surface area contributed by atoms with Crippen molar-refractivity contribution in [1.29, 1.82) is 0 Å². The highest BCUT2D eigenvalue weighted by Gasteiger charge is 2.25. The number of benzene rings is 2. The maximum absolute atomic E-state index is 13.0. The lowest BCUT2D eigenvalue weighted by atomic mass is 10.2. The zero-order chi connectivity index (χ0) is 19.1. The molecule has 0 bridgehead atoms. The number of esters is 1. The fraction of sp³-hybridized carbons (Fsp3) is 0.263. The SMILES string of the molecule is CC[C@@H](Oc1ccccc1)C(=O)O[C@H](C)C(=O)Nc1ccc(F)cc1Cl. The van der Waals surface area contributed by atoms with Crippen LogP contribution in [0.5, 0.6) is 5.75 Å². The van der Waals surface area contributed by atoms with Crippen LogP contribution in [0, 0.1) is 5.82 Å². The molecule has 0 aromatic heterocycles. The number of hydrogen-bond donors (Lipinski definition) is 1. The summed E-state index contributed by atoms with van der Waals surface area (Å²) in [4.78, 5) is 24.4. The maximum atomic E-state index is 13.0. The van der Waals surface area contributed by atoms with Crippen LogP contribution in [0.1, 0.15) is 20.3 Å². The molecule has 0 unspecified atom stereocenters. The Kier molecular flexibility index (Phi) is 6.97. The van der Waals surface area contributed by atoms with Crippen molar-refractivity contribution < 1.29 is 23.5 Å². The number of carbonyl (C=O) groups excluding carboxylic acids is 2. The average Bonchev–Trinajstić information content (AvgIpc) is 2.62. The second kappa shape index (κ2) is 9.20. The molecule has 0 heterocycles. The summed E-state index contributed by atoms with van der Waals surface area (Å²) in [5.74, 6) is -1.21. The van der Waals surface area contributed by atoms with Crippen LogP contribution in [0.3, 0.4) is 0 Å². The van der Waals surface area contributed by atoms with Gasteiger partial charge in [0.25, 0.3) is 5.91 Å². The van der Waals surface area contributed by atoms with Gasteiger partial charge in [0.2, 0.25) is 0 Å². The van der Waals surface area contributed by atoms with E-state index >= 15 is 0 Å². The monoisotopic (exact) mass is 379 g/mol. The number of nitrogens with one attached hydrogen (secondary N) is 1. The normalized spacial score (nSPS) is 12.8. The van der Waals surface area contributed by atoms with Crippen LogP contribution in [0.25, 0.3) is 0 Å². The summed E-state index contributed by atoms with van der Waals surface area (Å²) in [5.41, 5.74) is 0.230. The predicted octanol–water partition coefficient (Wildman–Crippen LogP) is 4.21. The first-order valence-electron chi connectivity index (χ1n) is 8.08. The van der Waals surface area contributed by atoms with Crippen LogP contribution in [0.15, 0.2) is 48.5 Å². The van der Waals surface area contributed by atoms with Crippen LogP contribution in [0.4, 0.5) is 10.1 Å². The third kappa shape index (κ3) is 5.46. The highest BCUT2D eigenvalue weighted by atomic mass is 35.5. The fourth-order valence-corrected chi connectivity index (χ4v) is 2.30. The molecule has 7 heteroatoms. The van der Waals surface area contributed by atoms with Crippen LogP contribution < -0.4 is 10.1 Å². The molecule has 26 heavy (non-hydrogen) atoms. The molecule has 2 rings (SSSR count). The van der Waals surface area contributed by atoms with Crippen molar-refractivity contribution in [3.8, 4) is 5.75 Å². The Morgan fingerprint density at radius 1 is 1.19 bits per heavy atom. The van der Waals surface area contributed by atoms with Crippen LogP contribution in [0.2, 0.25) is 5.02 Å². The van der Waals surface area contributed by atoms with Crippen molar-refractivity contribution in [2.24, 2.45) is 0 Å². The Bertz CT molecular complexity index is 769. The first-order chi connectivity index (χ1) is 12.4. The smallest absolute Gasteiger partial charge is 0.348 e. The second-order valence-electron chi connectivity index (χ2n) is 5.52. The molecule has 0 spiro atoms.